The van der Waals surface area contributed by atoms with Gasteiger partial charge >= 0.3 is 0 Å². The lowest BCUT2D eigenvalue weighted by atomic mass is 10.2. The van der Waals surface area contributed by atoms with Gasteiger partial charge in [0.25, 0.3) is 0 Å². The van der Waals surface area contributed by atoms with E-state index < -0.39 is 0 Å². The van der Waals surface area contributed by atoms with Crippen LogP contribution in [0.15, 0.2) is 12.5 Å². The van der Waals surface area contributed by atoms with Crippen LogP contribution in [0.3, 0.4) is 0 Å². The minimum Gasteiger partial charge on any atom is -0.354 e. The van der Waals surface area contributed by atoms with Crippen LogP contribution in [0.1, 0.15) is 39.5 Å². The largest absolute Gasteiger partial charge is 0.354 e. The molecule has 4 heteroatoms. The highest BCUT2D eigenvalue weighted by atomic mass is 16.1. The topological polar surface area (TPSA) is 46.9 Å². The van der Waals surface area contributed by atoms with Crippen molar-refractivity contribution in [3.05, 3.63) is 18.7 Å². The highest BCUT2D eigenvalue weighted by molar-refractivity contribution is 5.76. The minimum absolute atomic E-state index is 0.158. The van der Waals surface area contributed by atoms with E-state index in [9.17, 15) is 4.79 Å². The van der Waals surface area contributed by atoms with Gasteiger partial charge in [-0.25, -0.2) is 4.98 Å². The molecule has 1 N–H and O–H groups in total. The highest BCUT2D eigenvalue weighted by Crippen LogP contribution is 2.02. The molecule has 1 heterocycles. The number of rotatable bonds is 7. The van der Waals surface area contributed by atoms with Gasteiger partial charge in [-0.15, -0.1) is 0 Å². The van der Waals surface area contributed by atoms with Crippen molar-refractivity contribution in [2.75, 3.05) is 0 Å². The lowest BCUT2D eigenvalue weighted by molar-refractivity contribution is -0.121. The number of carbonyl (C=O) groups excluding carboxylic acids is 1. The van der Waals surface area contributed by atoms with Gasteiger partial charge in [0.15, 0.2) is 0 Å². The first kappa shape index (κ1) is 12.7. The van der Waals surface area contributed by atoms with Crippen molar-refractivity contribution >= 4 is 5.91 Å². The standard InChI is InChI=1S/C12H20N3O/c1-11(2)14-12(16)6-4-3-5-8-15-9-7-13-10-15/h9-11H,3-6,8H2,1-2H3,(H,14,16). The summed E-state index contributed by atoms with van der Waals surface area (Å²) in [6.45, 7) is 4.92. The van der Waals surface area contributed by atoms with Crippen LogP contribution in [-0.2, 0) is 11.3 Å². The molecule has 0 aromatic carbocycles. The summed E-state index contributed by atoms with van der Waals surface area (Å²) in [7, 11) is 0. The SMILES string of the molecule is CC(C)NC(=O)CCCCCn1c[c]nc1. The fourth-order valence-corrected chi connectivity index (χ4v) is 1.52. The third-order valence-electron chi connectivity index (χ3n) is 2.27. The number of hydrogen-bond acceptors (Lipinski definition) is 2. The van der Waals surface area contributed by atoms with E-state index in [-0.39, 0.29) is 11.9 Å². The van der Waals surface area contributed by atoms with E-state index >= 15 is 0 Å². The van der Waals surface area contributed by atoms with E-state index in [0.29, 0.717) is 6.42 Å². The molecule has 0 atom stereocenters. The van der Waals surface area contributed by atoms with Gasteiger partial charge in [0.2, 0.25) is 5.91 Å². The molecule has 1 rings (SSSR count). The van der Waals surface area contributed by atoms with Gasteiger partial charge in [0.05, 0.1) is 6.33 Å². The maximum absolute atomic E-state index is 11.3. The maximum atomic E-state index is 11.3. The van der Waals surface area contributed by atoms with E-state index in [0.717, 1.165) is 25.8 Å². The predicted molar refractivity (Wildman–Crippen MR) is 62.8 cm³/mol. The molecular formula is C12H20N3O. The molecule has 16 heavy (non-hydrogen) atoms. The van der Waals surface area contributed by atoms with Crippen molar-refractivity contribution in [3.8, 4) is 0 Å². The fraction of sp³-hybridized carbons (Fsp3) is 0.667. The molecule has 0 unspecified atom stereocenters. The summed E-state index contributed by atoms with van der Waals surface area (Å²) in [6.07, 6.45) is 10.1. The first-order valence-electron chi connectivity index (χ1n) is 5.85. The van der Waals surface area contributed by atoms with Crippen LogP contribution in [-0.4, -0.2) is 21.5 Å². The molecule has 0 fully saturated rings. The fourth-order valence-electron chi connectivity index (χ4n) is 1.52. The minimum atomic E-state index is 0.158. The van der Waals surface area contributed by atoms with Crippen molar-refractivity contribution in [2.24, 2.45) is 0 Å². The number of aromatic nitrogens is 2. The Morgan fingerprint density at radius 3 is 2.88 bits per heavy atom. The number of amides is 1. The number of carbonyl (C=O) groups is 1. The van der Waals surface area contributed by atoms with Crippen molar-refractivity contribution in [3.63, 3.8) is 0 Å². The Morgan fingerprint density at radius 2 is 2.25 bits per heavy atom. The number of nitrogens with zero attached hydrogens (tertiary/aromatic N) is 2. The van der Waals surface area contributed by atoms with Crippen LogP contribution in [0, 0.1) is 6.20 Å². The summed E-state index contributed by atoms with van der Waals surface area (Å²) in [6, 6.07) is 0.244. The van der Waals surface area contributed by atoms with E-state index in [1.165, 1.54) is 0 Å². The van der Waals surface area contributed by atoms with E-state index in [1.807, 2.05) is 24.6 Å². The van der Waals surface area contributed by atoms with Gasteiger partial charge in [0.1, 0.15) is 6.20 Å². The summed E-state index contributed by atoms with van der Waals surface area (Å²) in [5, 5.41) is 2.89. The van der Waals surface area contributed by atoms with Crippen LogP contribution < -0.4 is 5.32 Å². The number of aryl methyl sites for hydroxylation is 1. The number of nitrogens with one attached hydrogen (secondary N) is 1. The molecule has 0 saturated heterocycles. The second kappa shape index (κ2) is 7.04. The second-order valence-corrected chi connectivity index (χ2v) is 4.27. The third-order valence-corrected chi connectivity index (χ3v) is 2.27. The number of unbranched alkanes of at least 4 members (excludes halogenated alkanes) is 2. The molecule has 0 aliphatic carbocycles. The zero-order valence-corrected chi connectivity index (χ0v) is 10.1. The molecular weight excluding hydrogens is 202 g/mol. The molecule has 0 aliphatic heterocycles. The summed E-state index contributed by atoms with van der Waals surface area (Å²) >= 11 is 0. The van der Waals surface area contributed by atoms with Gasteiger partial charge in [-0.2, -0.15) is 0 Å². The van der Waals surface area contributed by atoms with Crippen molar-refractivity contribution in [1.29, 1.82) is 0 Å². The Bertz CT molecular complexity index is 293. The molecule has 1 aromatic rings. The Hall–Kier alpha value is -1.32. The lowest BCUT2D eigenvalue weighted by Gasteiger charge is -2.07. The lowest BCUT2D eigenvalue weighted by Crippen LogP contribution is -2.29. The molecule has 1 amide bonds. The quantitative estimate of drug-likeness (QED) is 0.715. The monoisotopic (exact) mass is 222 g/mol. The van der Waals surface area contributed by atoms with Crippen LogP contribution in [0.25, 0.3) is 0 Å². The first-order valence-corrected chi connectivity index (χ1v) is 5.85. The Morgan fingerprint density at radius 1 is 1.44 bits per heavy atom. The molecule has 89 valence electrons. The first-order chi connectivity index (χ1) is 7.68. The number of hydrogen-bond donors (Lipinski definition) is 1. The average Bonchev–Trinajstić information content (AvgIpc) is 2.68. The third kappa shape index (κ3) is 5.53. The van der Waals surface area contributed by atoms with Crippen LogP contribution in [0.5, 0.6) is 0 Å². The van der Waals surface area contributed by atoms with Gasteiger partial charge in [-0.1, -0.05) is 6.42 Å². The average molecular weight is 222 g/mol. The van der Waals surface area contributed by atoms with E-state index in [4.69, 9.17) is 0 Å². The summed E-state index contributed by atoms with van der Waals surface area (Å²) in [5.41, 5.74) is 0. The Labute approximate surface area is 97.1 Å². The molecule has 0 spiro atoms. The predicted octanol–water partition coefficient (Wildman–Crippen LogP) is 1.77. The van der Waals surface area contributed by atoms with Crippen molar-refractivity contribution in [2.45, 2.75) is 52.1 Å². The number of imidazole rings is 1. The smallest absolute Gasteiger partial charge is 0.220 e. The van der Waals surface area contributed by atoms with Crippen LogP contribution in [0.2, 0.25) is 0 Å². The summed E-state index contributed by atoms with van der Waals surface area (Å²) < 4.78 is 2.01. The van der Waals surface area contributed by atoms with Crippen molar-refractivity contribution < 1.29 is 4.79 Å². The second-order valence-electron chi connectivity index (χ2n) is 4.27. The summed E-state index contributed by atoms with van der Waals surface area (Å²) in [4.78, 5) is 15.2. The van der Waals surface area contributed by atoms with Gasteiger partial charge in [0, 0.05) is 25.2 Å². The molecule has 0 aliphatic rings. The van der Waals surface area contributed by atoms with Crippen molar-refractivity contribution in [1.82, 2.24) is 14.9 Å². The Kier molecular flexibility index (Phi) is 5.61. The highest BCUT2D eigenvalue weighted by Gasteiger charge is 2.02. The van der Waals surface area contributed by atoms with Crippen LogP contribution >= 0.6 is 0 Å². The van der Waals surface area contributed by atoms with Gasteiger partial charge < -0.3 is 9.88 Å². The van der Waals surface area contributed by atoms with E-state index in [2.05, 4.69) is 16.5 Å². The zero-order chi connectivity index (χ0) is 11.8. The molecule has 4 nitrogen and oxygen atoms in total. The molecule has 0 saturated carbocycles. The Balaban J connectivity index is 1.98. The normalized spacial score (nSPS) is 10.7. The van der Waals surface area contributed by atoms with Gasteiger partial charge in [-0.05, 0) is 26.7 Å². The maximum Gasteiger partial charge on any atom is 0.220 e. The van der Waals surface area contributed by atoms with E-state index in [1.54, 1.807) is 6.33 Å². The molecule has 0 bridgehead atoms. The van der Waals surface area contributed by atoms with Gasteiger partial charge in [-0.3, -0.25) is 4.79 Å². The summed E-state index contributed by atoms with van der Waals surface area (Å²) in [5.74, 6) is 0.158. The molecule has 1 aromatic heterocycles. The zero-order valence-electron chi connectivity index (χ0n) is 10.1. The molecule has 1 radical (unpaired) electrons. The van der Waals surface area contributed by atoms with Crippen LogP contribution in [0.4, 0.5) is 0 Å².